The van der Waals surface area contributed by atoms with E-state index in [0.717, 1.165) is 5.69 Å². The zero-order chi connectivity index (χ0) is 11.5. The molecule has 1 unspecified atom stereocenters. The van der Waals surface area contributed by atoms with E-state index in [0.29, 0.717) is 25.6 Å². The van der Waals surface area contributed by atoms with Gasteiger partial charge in [0.15, 0.2) is 5.82 Å². The summed E-state index contributed by atoms with van der Waals surface area (Å²) in [7, 11) is 1.84. The van der Waals surface area contributed by atoms with Gasteiger partial charge in [-0.2, -0.15) is 5.10 Å². The van der Waals surface area contributed by atoms with Crippen molar-refractivity contribution < 1.29 is 9.53 Å². The molecule has 0 aliphatic carbocycles. The van der Waals surface area contributed by atoms with E-state index >= 15 is 0 Å². The second kappa shape index (κ2) is 6.00. The number of carbonyl (C=O) groups excluding carboxylic acids is 1. The molecule has 17 heavy (non-hydrogen) atoms. The van der Waals surface area contributed by atoms with Gasteiger partial charge in [-0.05, 0) is 6.92 Å². The van der Waals surface area contributed by atoms with Crippen LogP contribution in [0.3, 0.4) is 0 Å². The second-order valence-electron chi connectivity index (χ2n) is 3.87. The molecule has 0 bridgehead atoms. The highest BCUT2D eigenvalue weighted by atomic mass is 35.5. The summed E-state index contributed by atoms with van der Waals surface area (Å²) in [4.78, 5) is 11.8. The number of amides is 1. The monoisotopic (exact) mass is 260 g/mol. The number of nitrogens with zero attached hydrogens (tertiary/aromatic N) is 2. The van der Waals surface area contributed by atoms with Crippen LogP contribution in [0.4, 0.5) is 5.82 Å². The highest BCUT2D eigenvalue weighted by Crippen LogP contribution is 2.07. The van der Waals surface area contributed by atoms with E-state index in [1.165, 1.54) is 0 Å². The van der Waals surface area contributed by atoms with Crippen LogP contribution in [0.2, 0.25) is 0 Å². The van der Waals surface area contributed by atoms with E-state index in [9.17, 15) is 4.79 Å². The molecular formula is C10H17ClN4O2. The summed E-state index contributed by atoms with van der Waals surface area (Å²) in [5, 5.41) is 10.0. The molecule has 1 aromatic rings. The van der Waals surface area contributed by atoms with E-state index in [-0.39, 0.29) is 24.4 Å². The summed E-state index contributed by atoms with van der Waals surface area (Å²) < 4.78 is 6.94. The maximum absolute atomic E-state index is 11.8. The summed E-state index contributed by atoms with van der Waals surface area (Å²) in [6.07, 6.45) is 0. The Balaban J connectivity index is 0.00000144. The molecule has 96 valence electrons. The van der Waals surface area contributed by atoms with Gasteiger partial charge in [-0.3, -0.25) is 9.48 Å². The number of rotatable bonds is 2. The van der Waals surface area contributed by atoms with Crippen LogP contribution in [0.5, 0.6) is 0 Å². The molecule has 2 rings (SSSR count). The van der Waals surface area contributed by atoms with Crippen LogP contribution in [-0.4, -0.2) is 41.5 Å². The number of morpholine rings is 1. The van der Waals surface area contributed by atoms with Gasteiger partial charge in [0.1, 0.15) is 6.04 Å². The number of ether oxygens (including phenoxy) is 1. The largest absolute Gasteiger partial charge is 0.378 e. The fourth-order valence-electron chi connectivity index (χ4n) is 1.57. The first kappa shape index (κ1) is 14.0. The first-order valence-electron chi connectivity index (χ1n) is 5.29. The van der Waals surface area contributed by atoms with Crippen LogP contribution in [-0.2, 0) is 16.6 Å². The molecule has 7 heteroatoms. The lowest BCUT2D eigenvalue weighted by atomic mass is 10.2. The molecule has 1 atom stereocenters. The van der Waals surface area contributed by atoms with Gasteiger partial charge in [0, 0.05) is 25.4 Å². The van der Waals surface area contributed by atoms with Crippen LogP contribution in [0.1, 0.15) is 5.69 Å². The number of halogens is 1. The normalized spacial score (nSPS) is 19.5. The number of hydrogen-bond acceptors (Lipinski definition) is 4. The third kappa shape index (κ3) is 3.42. The second-order valence-corrected chi connectivity index (χ2v) is 3.87. The zero-order valence-corrected chi connectivity index (χ0v) is 10.7. The van der Waals surface area contributed by atoms with Crippen molar-refractivity contribution in [3.63, 3.8) is 0 Å². The molecule has 0 aromatic carbocycles. The molecule has 0 radical (unpaired) electrons. The quantitative estimate of drug-likeness (QED) is 0.790. The molecule has 0 spiro atoms. The van der Waals surface area contributed by atoms with E-state index in [1.54, 1.807) is 4.68 Å². The fraction of sp³-hybridized carbons (Fsp3) is 0.600. The molecule has 0 saturated carbocycles. The van der Waals surface area contributed by atoms with Crippen molar-refractivity contribution in [3.8, 4) is 0 Å². The molecule has 1 fully saturated rings. The van der Waals surface area contributed by atoms with Crippen LogP contribution in [0, 0.1) is 6.92 Å². The molecule has 1 saturated heterocycles. The molecule has 1 aliphatic heterocycles. The zero-order valence-electron chi connectivity index (χ0n) is 9.90. The van der Waals surface area contributed by atoms with Crippen LogP contribution in [0.15, 0.2) is 6.07 Å². The lowest BCUT2D eigenvalue weighted by Gasteiger charge is -2.22. The molecule has 1 aliphatic rings. The standard InChI is InChI=1S/C10H16N4O2.ClH/c1-7-5-9(13-14(7)2)12-10(15)8-6-16-4-3-11-8;/h5,8,11H,3-4,6H2,1-2H3,(H,12,13,15);1H. The van der Waals surface area contributed by atoms with Gasteiger partial charge < -0.3 is 15.4 Å². The molecule has 1 aromatic heterocycles. The number of nitrogens with one attached hydrogen (secondary N) is 2. The Hall–Kier alpha value is -1.11. The summed E-state index contributed by atoms with van der Waals surface area (Å²) in [6, 6.07) is 1.55. The Kier molecular flexibility index (Phi) is 4.92. The molecule has 1 amide bonds. The average molecular weight is 261 g/mol. The van der Waals surface area contributed by atoms with Crippen molar-refractivity contribution >= 4 is 24.1 Å². The summed E-state index contributed by atoms with van der Waals surface area (Å²) in [5.41, 5.74) is 1.00. The minimum absolute atomic E-state index is 0. The molecule has 2 N–H and O–H groups in total. The SMILES string of the molecule is Cc1cc(NC(=O)C2COCCN2)nn1C.Cl. The van der Waals surface area contributed by atoms with Crippen LogP contribution >= 0.6 is 12.4 Å². The van der Waals surface area contributed by atoms with Crippen molar-refractivity contribution in [2.45, 2.75) is 13.0 Å². The van der Waals surface area contributed by atoms with Gasteiger partial charge in [0.25, 0.3) is 0 Å². The maximum Gasteiger partial charge on any atom is 0.245 e. The Morgan fingerprint density at radius 2 is 2.47 bits per heavy atom. The van der Waals surface area contributed by atoms with Gasteiger partial charge in [-0.15, -0.1) is 12.4 Å². The number of aryl methyl sites for hydroxylation is 2. The van der Waals surface area contributed by atoms with Gasteiger partial charge in [-0.1, -0.05) is 0 Å². The van der Waals surface area contributed by atoms with Crippen LogP contribution < -0.4 is 10.6 Å². The Morgan fingerprint density at radius 1 is 1.71 bits per heavy atom. The summed E-state index contributed by atoms with van der Waals surface area (Å²) >= 11 is 0. The fourth-order valence-corrected chi connectivity index (χ4v) is 1.57. The maximum atomic E-state index is 11.8. The predicted octanol–water partition coefficient (Wildman–Crippen LogP) is 0.0772. The van der Waals surface area contributed by atoms with Crippen molar-refractivity contribution in [2.24, 2.45) is 7.05 Å². The van der Waals surface area contributed by atoms with Gasteiger partial charge >= 0.3 is 0 Å². The highest BCUT2D eigenvalue weighted by Gasteiger charge is 2.21. The highest BCUT2D eigenvalue weighted by molar-refractivity contribution is 5.94. The van der Waals surface area contributed by atoms with Crippen molar-refractivity contribution in [1.82, 2.24) is 15.1 Å². The Labute approximate surface area is 106 Å². The van der Waals surface area contributed by atoms with E-state index < -0.39 is 0 Å². The Bertz CT molecular complexity index is 368. The number of anilines is 1. The van der Waals surface area contributed by atoms with Crippen molar-refractivity contribution in [1.29, 1.82) is 0 Å². The van der Waals surface area contributed by atoms with E-state index in [4.69, 9.17) is 4.74 Å². The van der Waals surface area contributed by atoms with Crippen molar-refractivity contribution in [3.05, 3.63) is 11.8 Å². The summed E-state index contributed by atoms with van der Waals surface area (Å²) in [5.74, 6) is 0.482. The first-order valence-corrected chi connectivity index (χ1v) is 5.29. The number of carbonyl (C=O) groups is 1. The minimum Gasteiger partial charge on any atom is -0.378 e. The average Bonchev–Trinajstić information content (AvgIpc) is 2.59. The third-order valence-electron chi connectivity index (χ3n) is 2.60. The smallest absolute Gasteiger partial charge is 0.245 e. The van der Waals surface area contributed by atoms with E-state index in [1.807, 2.05) is 20.0 Å². The minimum atomic E-state index is -0.281. The molecule has 6 nitrogen and oxygen atoms in total. The van der Waals surface area contributed by atoms with Crippen LogP contribution in [0.25, 0.3) is 0 Å². The van der Waals surface area contributed by atoms with E-state index in [2.05, 4.69) is 15.7 Å². The Morgan fingerprint density at radius 3 is 3.00 bits per heavy atom. The third-order valence-corrected chi connectivity index (χ3v) is 2.60. The van der Waals surface area contributed by atoms with Gasteiger partial charge in [0.05, 0.1) is 13.2 Å². The number of hydrogen-bond donors (Lipinski definition) is 2. The summed E-state index contributed by atoms with van der Waals surface area (Å²) in [6.45, 7) is 3.72. The molecular weight excluding hydrogens is 244 g/mol. The lowest BCUT2D eigenvalue weighted by molar-refractivity contribution is -0.120. The van der Waals surface area contributed by atoms with Crippen molar-refractivity contribution in [2.75, 3.05) is 25.1 Å². The topological polar surface area (TPSA) is 68.2 Å². The number of aromatic nitrogens is 2. The predicted molar refractivity (Wildman–Crippen MR) is 66.4 cm³/mol. The first-order chi connectivity index (χ1) is 7.66. The molecule has 2 heterocycles. The van der Waals surface area contributed by atoms with Gasteiger partial charge in [0.2, 0.25) is 5.91 Å². The van der Waals surface area contributed by atoms with Gasteiger partial charge in [-0.25, -0.2) is 0 Å². The lowest BCUT2D eigenvalue weighted by Crippen LogP contribution is -2.48.